The third-order valence-corrected chi connectivity index (χ3v) is 5.05. The number of hydrogen-bond acceptors (Lipinski definition) is 4. The number of rotatable bonds is 14. The first-order chi connectivity index (χ1) is 14.7. The maximum absolute atomic E-state index is 11.2. The Morgan fingerprint density at radius 2 is 1.33 bits per heavy atom. The summed E-state index contributed by atoms with van der Waals surface area (Å²) in [5, 5.41) is 8.88. The number of carbonyl (C=O) groups is 1. The smallest absolute Gasteiger partial charge is 0.305 e. The van der Waals surface area contributed by atoms with Crippen LogP contribution in [0.3, 0.4) is 0 Å². The molecule has 0 bridgehead atoms. The van der Waals surface area contributed by atoms with E-state index < -0.39 is 0 Å². The standard InChI is InChI=1S/C26H33NO3/c1-2-29-26(28)11-9-7-5-3-4-6-8-10-20-30-25-18-16-24(17-19-25)23-14-12-22(21-27)13-15-23/h12-19H,2-11,20H2,1H3. The van der Waals surface area contributed by atoms with Crippen LogP contribution in [-0.2, 0) is 9.53 Å². The summed E-state index contributed by atoms with van der Waals surface area (Å²) in [5.41, 5.74) is 2.89. The topological polar surface area (TPSA) is 59.3 Å². The molecular formula is C26H33NO3. The second-order valence-corrected chi connectivity index (χ2v) is 7.45. The molecule has 0 aromatic heterocycles. The zero-order valence-corrected chi connectivity index (χ0v) is 18.1. The van der Waals surface area contributed by atoms with Gasteiger partial charge in [0.2, 0.25) is 0 Å². The second kappa shape index (κ2) is 14.2. The van der Waals surface area contributed by atoms with E-state index in [-0.39, 0.29) is 5.97 Å². The lowest BCUT2D eigenvalue weighted by atomic mass is 10.0. The Kier molecular flexibility index (Phi) is 11.1. The molecule has 0 unspecified atom stereocenters. The van der Waals surface area contributed by atoms with Gasteiger partial charge in [0.15, 0.2) is 0 Å². The number of carbonyl (C=O) groups excluding carboxylic acids is 1. The van der Waals surface area contributed by atoms with Gasteiger partial charge in [-0.3, -0.25) is 4.79 Å². The van der Waals surface area contributed by atoms with Crippen LogP contribution in [0.15, 0.2) is 48.5 Å². The quantitative estimate of drug-likeness (QED) is 0.259. The first-order valence-electron chi connectivity index (χ1n) is 11.1. The summed E-state index contributed by atoms with van der Waals surface area (Å²) in [6.45, 7) is 3.07. The normalized spacial score (nSPS) is 10.4. The fourth-order valence-corrected chi connectivity index (χ4v) is 3.34. The highest BCUT2D eigenvalue weighted by Gasteiger charge is 2.01. The summed E-state index contributed by atoms with van der Waals surface area (Å²) >= 11 is 0. The van der Waals surface area contributed by atoms with Gasteiger partial charge >= 0.3 is 5.97 Å². The maximum Gasteiger partial charge on any atom is 0.305 e. The van der Waals surface area contributed by atoms with E-state index in [2.05, 4.69) is 18.2 Å². The Labute approximate surface area is 180 Å². The highest BCUT2D eigenvalue weighted by Crippen LogP contribution is 2.23. The van der Waals surface area contributed by atoms with Crippen LogP contribution in [0, 0.1) is 11.3 Å². The van der Waals surface area contributed by atoms with Crippen LogP contribution in [0.4, 0.5) is 0 Å². The molecule has 4 nitrogen and oxygen atoms in total. The molecule has 4 heteroatoms. The fourth-order valence-electron chi connectivity index (χ4n) is 3.34. The van der Waals surface area contributed by atoms with Crippen molar-refractivity contribution in [2.45, 2.75) is 64.7 Å². The molecule has 30 heavy (non-hydrogen) atoms. The Hall–Kier alpha value is -2.80. The van der Waals surface area contributed by atoms with Crippen molar-refractivity contribution in [1.82, 2.24) is 0 Å². The molecule has 0 radical (unpaired) electrons. The molecule has 2 aromatic carbocycles. The number of benzene rings is 2. The van der Waals surface area contributed by atoms with Gasteiger partial charge < -0.3 is 9.47 Å². The first-order valence-corrected chi connectivity index (χ1v) is 11.1. The van der Waals surface area contributed by atoms with Crippen molar-refractivity contribution in [3.63, 3.8) is 0 Å². The average molecular weight is 408 g/mol. The molecule has 0 saturated heterocycles. The second-order valence-electron chi connectivity index (χ2n) is 7.45. The Morgan fingerprint density at radius 1 is 0.800 bits per heavy atom. The fraction of sp³-hybridized carbons (Fsp3) is 0.462. The predicted molar refractivity (Wildman–Crippen MR) is 120 cm³/mol. The van der Waals surface area contributed by atoms with Gasteiger partial charge in [-0.1, -0.05) is 62.8 Å². The van der Waals surface area contributed by atoms with Crippen molar-refractivity contribution >= 4 is 5.97 Å². The summed E-state index contributed by atoms with van der Waals surface area (Å²) in [6, 6.07) is 17.9. The van der Waals surface area contributed by atoms with Crippen LogP contribution in [0.1, 0.15) is 70.3 Å². The molecule has 0 spiro atoms. The number of ether oxygens (including phenoxy) is 2. The van der Waals surface area contributed by atoms with Gasteiger partial charge in [-0.2, -0.15) is 5.26 Å². The summed E-state index contributed by atoms with van der Waals surface area (Å²) in [7, 11) is 0. The van der Waals surface area contributed by atoms with Crippen molar-refractivity contribution in [2.75, 3.05) is 13.2 Å². The Bertz CT molecular complexity index is 775. The van der Waals surface area contributed by atoms with Gasteiger partial charge in [-0.05, 0) is 55.2 Å². The van der Waals surface area contributed by atoms with Crippen molar-refractivity contribution in [1.29, 1.82) is 5.26 Å². The van der Waals surface area contributed by atoms with Crippen LogP contribution in [-0.4, -0.2) is 19.2 Å². The molecule has 0 N–H and O–H groups in total. The largest absolute Gasteiger partial charge is 0.494 e. The molecule has 0 aliphatic carbocycles. The van der Waals surface area contributed by atoms with Crippen LogP contribution < -0.4 is 4.74 Å². The minimum atomic E-state index is -0.0682. The van der Waals surface area contributed by atoms with E-state index in [1.54, 1.807) is 0 Å². The summed E-state index contributed by atoms with van der Waals surface area (Å²) in [5.74, 6) is 0.829. The first kappa shape index (κ1) is 23.5. The van der Waals surface area contributed by atoms with Crippen molar-refractivity contribution in [3.05, 3.63) is 54.1 Å². The van der Waals surface area contributed by atoms with Gasteiger partial charge in [0.05, 0.1) is 24.8 Å². The number of esters is 1. The van der Waals surface area contributed by atoms with E-state index in [0.717, 1.165) is 42.7 Å². The van der Waals surface area contributed by atoms with E-state index in [9.17, 15) is 4.79 Å². The Morgan fingerprint density at radius 3 is 1.90 bits per heavy atom. The highest BCUT2D eigenvalue weighted by atomic mass is 16.5. The molecule has 2 aromatic rings. The lowest BCUT2D eigenvalue weighted by Crippen LogP contribution is -2.03. The number of nitrogens with zero attached hydrogens (tertiary/aromatic N) is 1. The van der Waals surface area contributed by atoms with Crippen LogP contribution >= 0.6 is 0 Å². The average Bonchev–Trinajstić information content (AvgIpc) is 2.78. The van der Waals surface area contributed by atoms with Gasteiger partial charge in [0.25, 0.3) is 0 Å². The summed E-state index contributed by atoms with van der Waals surface area (Å²) in [4.78, 5) is 11.2. The Balaban J connectivity index is 1.50. The minimum Gasteiger partial charge on any atom is -0.494 e. The van der Waals surface area contributed by atoms with Gasteiger partial charge in [-0.15, -0.1) is 0 Å². The molecule has 0 fully saturated rings. The zero-order chi connectivity index (χ0) is 21.4. The molecule has 0 heterocycles. The van der Waals surface area contributed by atoms with Gasteiger partial charge in [0.1, 0.15) is 5.75 Å². The molecule has 2 rings (SSSR count). The molecule has 0 aliphatic rings. The van der Waals surface area contributed by atoms with Crippen molar-refractivity contribution in [3.8, 4) is 22.9 Å². The highest BCUT2D eigenvalue weighted by molar-refractivity contribution is 5.69. The molecule has 0 atom stereocenters. The predicted octanol–water partition coefficient (Wildman–Crippen LogP) is 6.68. The lowest BCUT2D eigenvalue weighted by Gasteiger charge is -2.08. The van der Waals surface area contributed by atoms with Crippen LogP contribution in [0.25, 0.3) is 11.1 Å². The number of hydrogen-bond donors (Lipinski definition) is 0. The zero-order valence-electron chi connectivity index (χ0n) is 18.1. The van der Waals surface area contributed by atoms with Crippen molar-refractivity contribution < 1.29 is 14.3 Å². The lowest BCUT2D eigenvalue weighted by molar-refractivity contribution is -0.143. The van der Waals surface area contributed by atoms with E-state index in [1.807, 2.05) is 43.3 Å². The molecule has 0 aliphatic heterocycles. The molecule has 160 valence electrons. The van der Waals surface area contributed by atoms with Crippen LogP contribution in [0.2, 0.25) is 0 Å². The van der Waals surface area contributed by atoms with Gasteiger partial charge in [-0.25, -0.2) is 0 Å². The number of nitriles is 1. The minimum absolute atomic E-state index is 0.0682. The summed E-state index contributed by atoms with van der Waals surface area (Å²) < 4.78 is 10.8. The maximum atomic E-state index is 11.2. The molecular weight excluding hydrogens is 374 g/mol. The van der Waals surface area contributed by atoms with Crippen molar-refractivity contribution in [2.24, 2.45) is 0 Å². The third-order valence-electron chi connectivity index (χ3n) is 5.05. The SMILES string of the molecule is CCOC(=O)CCCCCCCCCCOc1ccc(-c2ccc(C#N)cc2)cc1. The van der Waals surface area contributed by atoms with Gasteiger partial charge in [0, 0.05) is 6.42 Å². The van der Waals surface area contributed by atoms with Crippen LogP contribution in [0.5, 0.6) is 5.75 Å². The molecule has 0 saturated carbocycles. The summed E-state index contributed by atoms with van der Waals surface area (Å²) in [6.07, 6.45) is 9.78. The molecule has 0 amide bonds. The monoisotopic (exact) mass is 407 g/mol. The van der Waals surface area contributed by atoms with E-state index in [4.69, 9.17) is 14.7 Å². The van der Waals surface area contributed by atoms with E-state index >= 15 is 0 Å². The third kappa shape index (κ3) is 9.13. The number of unbranched alkanes of at least 4 members (excludes halogenated alkanes) is 7. The van der Waals surface area contributed by atoms with E-state index in [1.165, 1.54) is 32.1 Å². The van der Waals surface area contributed by atoms with E-state index in [0.29, 0.717) is 18.6 Å².